The van der Waals surface area contributed by atoms with Crippen LogP contribution in [0.15, 0.2) is 60.8 Å². The number of benzene rings is 2. The van der Waals surface area contributed by atoms with Gasteiger partial charge in [-0.3, -0.25) is 9.20 Å². The fourth-order valence-electron chi connectivity index (χ4n) is 3.33. The van der Waals surface area contributed by atoms with Crippen LogP contribution >= 0.6 is 0 Å². The first-order chi connectivity index (χ1) is 12.7. The highest BCUT2D eigenvalue weighted by Gasteiger charge is 2.16. The van der Waals surface area contributed by atoms with E-state index in [0.29, 0.717) is 16.9 Å². The van der Waals surface area contributed by atoms with Crippen molar-refractivity contribution in [1.29, 1.82) is 0 Å². The summed E-state index contributed by atoms with van der Waals surface area (Å²) in [6.45, 7) is 2.17. The summed E-state index contributed by atoms with van der Waals surface area (Å²) in [5.41, 5.74) is 4.04. The third-order valence-corrected chi connectivity index (χ3v) is 4.61. The average Bonchev–Trinajstić information content (AvgIpc) is 3.11. The number of ether oxygens (including phenoxy) is 1. The summed E-state index contributed by atoms with van der Waals surface area (Å²) in [4.78, 5) is 17.3. The van der Waals surface area contributed by atoms with Gasteiger partial charge in [-0.05, 0) is 24.1 Å². The Kier molecular flexibility index (Phi) is 4.17. The second kappa shape index (κ2) is 6.64. The van der Waals surface area contributed by atoms with Crippen LogP contribution in [0.1, 0.15) is 35.0 Å². The highest BCUT2D eigenvalue weighted by Crippen LogP contribution is 2.29. The molecule has 4 aromatic rings. The molecule has 0 radical (unpaired) electrons. The lowest BCUT2D eigenvalue weighted by Gasteiger charge is -2.09. The zero-order chi connectivity index (χ0) is 18.1. The van der Waals surface area contributed by atoms with E-state index in [1.54, 1.807) is 7.11 Å². The van der Waals surface area contributed by atoms with E-state index in [1.807, 2.05) is 47.0 Å². The van der Waals surface area contributed by atoms with E-state index in [2.05, 4.69) is 30.1 Å². The van der Waals surface area contributed by atoms with E-state index < -0.39 is 0 Å². The van der Waals surface area contributed by atoms with Gasteiger partial charge in [-0.15, -0.1) is 0 Å². The third kappa shape index (κ3) is 2.73. The Morgan fingerprint density at radius 2 is 1.92 bits per heavy atom. The van der Waals surface area contributed by atoms with Crippen molar-refractivity contribution in [3.63, 3.8) is 0 Å². The lowest BCUT2D eigenvalue weighted by molar-refractivity contribution is 0.103. The Morgan fingerprint density at radius 3 is 2.65 bits per heavy atom. The third-order valence-electron chi connectivity index (χ3n) is 4.61. The number of aromatic nitrogens is 2. The van der Waals surface area contributed by atoms with Crippen LogP contribution in [-0.2, 0) is 6.42 Å². The summed E-state index contributed by atoms with van der Waals surface area (Å²) in [5.74, 6) is 0.693. The van der Waals surface area contributed by atoms with E-state index in [4.69, 9.17) is 4.74 Å². The van der Waals surface area contributed by atoms with E-state index in [0.717, 1.165) is 29.5 Å². The van der Waals surface area contributed by atoms with Crippen molar-refractivity contribution in [3.05, 3.63) is 77.6 Å². The lowest BCUT2D eigenvalue weighted by atomic mass is 10.1. The molecule has 130 valence electrons. The molecule has 2 aromatic heterocycles. The number of pyridine rings is 1. The van der Waals surface area contributed by atoms with Crippen LogP contribution in [0.2, 0.25) is 0 Å². The Bertz CT molecular complexity index is 1100. The number of methoxy groups -OCH3 is 1. The molecule has 0 saturated carbocycles. The van der Waals surface area contributed by atoms with Gasteiger partial charge < -0.3 is 4.74 Å². The standard InChI is InChI=1S/C22H20N2O2/c1-3-7-15-10-11-19-17(12-15)20(26-2)13-21-23-18(14-24(19)21)22(25)16-8-5-4-6-9-16/h4-6,8-14H,3,7H2,1-2H3. The number of hydrogen-bond donors (Lipinski definition) is 0. The van der Waals surface area contributed by atoms with Crippen molar-refractivity contribution in [2.45, 2.75) is 19.8 Å². The van der Waals surface area contributed by atoms with Gasteiger partial charge in [-0.2, -0.15) is 0 Å². The minimum absolute atomic E-state index is 0.0796. The minimum Gasteiger partial charge on any atom is -0.496 e. The fourth-order valence-corrected chi connectivity index (χ4v) is 3.33. The number of rotatable bonds is 5. The first-order valence-electron chi connectivity index (χ1n) is 8.79. The summed E-state index contributed by atoms with van der Waals surface area (Å²) in [6.07, 6.45) is 3.93. The second-order valence-corrected chi connectivity index (χ2v) is 6.36. The van der Waals surface area contributed by atoms with Gasteiger partial charge in [0, 0.05) is 23.2 Å². The fraction of sp³-hybridized carbons (Fsp3) is 0.182. The number of fused-ring (bicyclic) bond motifs is 3. The SMILES string of the molecule is CCCc1ccc2c(c1)c(OC)cc1nc(C(=O)c3ccccc3)cn12. The predicted octanol–water partition coefficient (Wildman–Crippen LogP) is 4.68. The smallest absolute Gasteiger partial charge is 0.212 e. The van der Waals surface area contributed by atoms with Gasteiger partial charge >= 0.3 is 0 Å². The topological polar surface area (TPSA) is 43.6 Å². The molecule has 0 spiro atoms. The van der Waals surface area contributed by atoms with E-state index in [9.17, 15) is 4.79 Å². The van der Waals surface area contributed by atoms with E-state index >= 15 is 0 Å². The highest BCUT2D eigenvalue weighted by molar-refractivity contribution is 6.08. The molecule has 2 heterocycles. The average molecular weight is 344 g/mol. The summed E-state index contributed by atoms with van der Waals surface area (Å²) in [7, 11) is 1.66. The molecule has 0 unspecified atom stereocenters. The van der Waals surface area contributed by atoms with Gasteiger partial charge in [-0.25, -0.2) is 4.98 Å². The van der Waals surface area contributed by atoms with E-state index in [1.165, 1.54) is 5.56 Å². The molecule has 0 atom stereocenters. The minimum atomic E-state index is -0.0796. The van der Waals surface area contributed by atoms with Crippen molar-refractivity contribution in [2.24, 2.45) is 0 Å². The molecule has 0 amide bonds. The Hall–Kier alpha value is -3.14. The van der Waals surface area contributed by atoms with Gasteiger partial charge in [0.05, 0.1) is 12.6 Å². The maximum Gasteiger partial charge on any atom is 0.212 e. The van der Waals surface area contributed by atoms with Gasteiger partial charge in [-0.1, -0.05) is 49.7 Å². The number of carbonyl (C=O) groups excluding carboxylic acids is 1. The first-order valence-corrected chi connectivity index (χ1v) is 8.79. The molecule has 0 fully saturated rings. The predicted molar refractivity (Wildman–Crippen MR) is 103 cm³/mol. The molecule has 0 bridgehead atoms. The summed E-state index contributed by atoms with van der Waals surface area (Å²) >= 11 is 0. The van der Waals surface area contributed by atoms with Gasteiger partial charge in [0.1, 0.15) is 17.1 Å². The van der Waals surface area contributed by atoms with Gasteiger partial charge in [0.15, 0.2) is 0 Å². The van der Waals surface area contributed by atoms with Crippen LogP contribution in [0.3, 0.4) is 0 Å². The zero-order valence-corrected chi connectivity index (χ0v) is 14.9. The number of hydrogen-bond acceptors (Lipinski definition) is 3. The number of ketones is 1. The van der Waals surface area contributed by atoms with Crippen molar-refractivity contribution >= 4 is 22.3 Å². The summed E-state index contributed by atoms with van der Waals surface area (Å²) < 4.78 is 7.55. The zero-order valence-electron chi connectivity index (χ0n) is 14.9. The van der Waals surface area contributed by atoms with Crippen molar-refractivity contribution in [3.8, 4) is 5.75 Å². The maximum absolute atomic E-state index is 12.7. The molecule has 4 nitrogen and oxygen atoms in total. The quantitative estimate of drug-likeness (QED) is 0.494. The van der Waals surface area contributed by atoms with Crippen molar-refractivity contribution in [2.75, 3.05) is 7.11 Å². The molecular weight excluding hydrogens is 324 g/mol. The monoisotopic (exact) mass is 344 g/mol. The molecule has 0 aliphatic carbocycles. The molecule has 26 heavy (non-hydrogen) atoms. The van der Waals surface area contributed by atoms with Crippen molar-refractivity contribution < 1.29 is 9.53 Å². The normalized spacial score (nSPS) is 11.2. The molecule has 4 rings (SSSR count). The van der Waals surface area contributed by atoms with Crippen LogP contribution in [0.4, 0.5) is 0 Å². The Balaban J connectivity index is 1.90. The number of aryl methyl sites for hydroxylation is 1. The largest absolute Gasteiger partial charge is 0.496 e. The van der Waals surface area contributed by atoms with Gasteiger partial charge in [0.2, 0.25) is 5.78 Å². The van der Waals surface area contributed by atoms with E-state index in [-0.39, 0.29) is 5.78 Å². The van der Waals surface area contributed by atoms with Crippen molar-refractivity contribution in [1.82, 2.24) is 9.38 Å². The number of nitrogens with zero attached hydrogens (tertiary/aromatic N) is 2. The number of carbonyl (C=O) groups is 1. The van der Waals surface area contributed by atoms with Crippen LogP contribution in [0.5, 0.6) is 5.75 Å². The Labute approximate surface area is 152 Å². The summed E-state index contributed by atoms with van der Waals surface area (Å²) in [5, 5.41) is 1.03. The molecular formula is C22H20N2O2. The lowest BCUT2D eigenvalue weighted by Crippen LogP contribution is -2.00. The van der Waals surface area contributed by atoms with Crippen LogP contribution in [0, 0.1) is 0 Å². The van der Waals surface area contributed by atoms with Crippen LogP contribution < -0.4 is 4.74 Å². The molecule has 0 saturated heterocycles. The summed E-state index contributed by atoms with van der Waals surface area (Å²) in [6, 6.07) is 17.5. The molecule has 2 aromatic carbocycles. The highest BCUT2D eigenvalue weighted by atomic mass is 16.5. The van der Waals surface area contributed by atoms with Crippen LogP contribution in [-0.4, -0.2) is 22.3 Å². The maximum atomic E-state index is 12.7. The van der Waals surface area contributed by atoms with Gasteiger partial charge in [0.25, 0.3) is 0 Å². The first kappa shape index (κ1) is 16.3. The Morgan fingerprint density at radius 1 is 1.12 bits per heavy atom. The molecule has 0 N–H and O–H groups in total. The van der Waals surface area contributed by atoms with Crippen LogP contribution in [0.25, 0.3) is 16.6 Å². The molecule has 0 aliphatic rings. The molecule has 0 aliphatic heterocycles. The number of imidazole rings is 1. The second-order valence-electron chi connectivity index (χ2n) is 6.36. The molecule has 4 heteroatoms.